The van der Waals surface area contributed by atoms with Crippen LogP contribution in [0.25, 0.3) is 0 Å². The van der Waals surface area contributed by atoms with E-state index in [4.69, 9.17) is 10.5 Å². The number of anilines is 1. The van der Waals surface area contributed by atoms with Crippen molar-refractivity contribution in [3.63, 3.8) is 0 Å². The molecule has 0 unspecified atom stereocenters. The molecule has 0 aliphatic heterocycles. The minimum absolute atomic E-state index is 0.240. The molecule has 100 valence electrons. The molecule has 6 nitrogen and oxygen atoms in total. The van der Waals surface area contributed by atoms with Crippen molar-refractivity contribution in [2.75, 3.05) is 24.7 Å². The van der Waals surface area contributed by atoms with Gasteiger partial charge in [-0.1, -0.05) is 13.8 Å². The highest BCUT2D eigenvalue weighted by Gasteiger charge is 2.20. The molecule has 0 saturated carbocycles. The van der Waals surface area contributed by atoms with Crippen molar-refractivity contribution in [2.45, 2.75) is 18.7 Å². The first-order valence-electron chi connectivity index (χ1n) is 5.45. The molecule has 0 aliphatic rings. The standard InChI is InChI=1S/C11H18N4O2S/c1-11(2,7-17-9(12)16)6-15-10-13-4-8(18-3)5-14-10/h4-5H,6-7H2,1-3H3,(H2,12,16)(H,13,14,15). The van der Waals surface area contributed by atoms with Crippen LogP contribution in [0, 0.1) is 5.41 Å². The average molecular weight is 270 g/mol. The normalized spacial score (nSPS) is 11.1. The summed E-state index contributed by atoms with van der Waals surface area (Å²) >= 11 is 1.59. The van der Waals surface area contributed by atoms with Crippen LogP contribution in [0.2, 0.25) is 0 Å². The molecular formula is C11H18N4O2S. The van der Waals surface area contributed by atoms with Gasteiger partial charge in [-0.3, -0.25) is 0 Å². The first-order valence-corrected chi connectivity index (χ1v) is 6.67. The summed E-state index contributed by atoms with van der Waals surface area (Å²) in [5.74, 6) is 0.556. The second kappa shape index (κ2) is 6.44. The number of amides is 1. The summed E-state index contributed by atoms with van der Waals surface area (Å²) in [6.45, 7) is 4.75. The minimum Gasteiger partial charge on any atom is -0.449 e. The van der Waals surface area contributed by atoms with E-state index in [0.717, 1.165) is 4.90 Å². The van der Waals surface area contributed by atoms with E-state index in [1.54, 1.807) is 24.2 Å². The van der Waals surface area contributed by atoms with Crippen LogP contribution in [0.5, 0.6) is 0 Å². The number of ether oxygens (including phenoxy) is 1. The number of nitrogens with zero attached hydrogens (tertiary/aromatic N) is 2. The van der Waals surface area contributed by atoms with Crippen LogP contribution < -0.4 is 11.1 Å². The third-order valence-electron chi connectivity index (χ3n) is 2.19. The summed E-state index contributed by atoms with van der Waals surface area (Å²) < 4.78 is 4.79. The second-order valence-electron chi connectivity index (χ2n) is 4.57. The van der Waals surface area contributed by atoms with E-state index in [1.807, 2.05) is 20.1 Å². The maximum absolute atomic E-state index is 10.5. The SMILES string of the molecule is CSc1cnc(NCC(C)(C)COC(N)=O)nc1. The van der Waals surface area contributed by atoms with Gasteiger partial charge in [0.05, 0.1) is 6.61 Å². The van der Waals surface area contributed by atoms with E-state index in [0.29, 0.717) is 12.5 Å². The zero-order valence-corrected chi connectivity index (χ0v) is 11.6. The Kier molecular flexibility index (Phi) is 5.21. The molecule has 0 aromatic carbocycles. The molecule has 1 heterocycles. The predicted octanol–water partition coefficient (Wildman–Crippen LogP) is 1.73. The van der Waals surface area contributed by atoms with E-state index < -0.39 is 6.09 Å². The molecule has 0 atom stereocenters. The van der Waals surface area contributed by atoms with E-state index in [9.17, 15) is 4.79 Å². The largest absolute Gasteiger partial charge is 0.449 e. The maximum atomic E-state index is 10.5. The van der Waals surface area contributed by atoms with E-state index in [-0.39, 0.29) is 12.0 Å². The van der Waals surface area contributed by atoms with Gasteiger partial charge in [0.1, 0.15) is 0 Å². The Balaban J connectivity index is 2.45. The third kappa shape index (κ3) is 5.22. The molecule has 0 bridgehead atoms. The van der Waals surface area contributed by atoms with Gasteiger partial charge in [0, 0.05) is 29.2 Å². The third-order valence-corrected chi connectivity index (χ3v) is 2.88. The van der Waals surface area contributed by atoms with E-state index in [1.165, 1.54) is 0 Å². The Morgan fingerprint density at radius 2 is 2.11 bits per heavy atom. The Morgan fingerprint density at radius 3 is 2.61 bits per heavy atom. The van der Waals surface area contributed by atoms with Crippen LogP contribution in [-0.4, -0.2) is 35.5 Å². The molecule has 7 heteroatoms. The van der Waals surface area contributed by atoms with Crippen LogP contribution in [-0.2, 0) is 4.74 Å². The van der Waals surface area contributed by atoms with Gasteiger partial charge < -0.3 is 15.8 Å². The van der Waals surface area contributed by atoms with Crippen molar-refractivity contribution in [3.8, 4) is 0 Å². The number of hydrogen-bond donors (Lipinski definition) is 2. The number of nitrogens with one attached hydrogen (secondary N) is 1. The number of primary amides is 1. The molecule has 3 N–H and O–H groups in total. The highest BCUT2D eigenvalue weighted by atomic mass is 32.2. The van der Waals surface area contributed by atoms with Crippen LogP contribution >= 0.6 is 11.8 Å². The highest BCUT2D eigenvalue weighted by Crippen LogP contribution is 2.17. The zero-order chi connectivity index (χ0) is 13.6. The van der Waals surface area contributed by atoms with Gasteiger partial charge in [-0.05, 0) is 6.26 Å². The van der Waals surface area contributed by atoms with Crippen molar-refractivity contribution in [1.82, 2.24) is 9.97 Å². The van der Waals surface area contributed by atoms with Crippen LogP contribution in [0.4, 0.5) is 10.7 Å². The molecule has 1 aromatic heterocycles. The fourth-order valence-electron chi connectivity index (χ4n) is 1.15. The lowest BCUT2D eigenvalue weighted by atomic mass is 9.95. The molecule has 1 aromatic rings. The number of aromatic nitrogens is 2. The number of rotatable bonds is 6. The summed E-state index contributed by atoms with van der Waals surface area (Å²) in [6, 6.07) is 0. The highest BCUT2D eigenvalue weighted by molar-refractivity contribution is 7.98. The molecule has 0 fully saturated rings. The van der Waals surface area contributed by atoms with Gasteiger partial charge in [0.15, 0.2) is 0 Å². The molecule has 0 saturated heterocycles. The quantitative estimate of drug-likeness (QED) is 0.765. The Bertz CT molecular complexity index is 395. The second-order valence-corrected chi connectivity index (χ2v) is 5.45. The number of carbonyl (C=O) groups is 1. The summed E-state index contributed by atoms with van der Waals surface area (Å²) in [5, 5.41) is 3.10. The Hall–Kier alpha value is -1.50. The van der Waals surface area contributed by atoms with Crippen molar-refractivity contribution in [3.05, 3.63) is 12.4 Å². The van der Waals surface area contributed by atoms with E-state index in [2.05, 4.69) is 15.3 Å². The molecule has 1 rings (SSSR count). The fraction of sp³-hybridized carbons (Fsp3) is 0.545. The van der Waals surface area contributed by atoms with Crippen molar-refractivity contribution >= 4 is 23.8 Å². The van der Waals surface area contributed by atoms with Crippen LogP contribution in [0.15, 0.2) is 17.3 Å². The van der Waals surface area contributed by atoms with Crippen LogP contribution in [0.1, 0.15) is 13.8 Å². The lowest BCUT2D eigenvalue weighted by Crippen LogP contribution is -2.31. The van der Waals surface area contributed by atoms with Gasteiger partial charge in [0.2, 0.25) is 5.95 Å². The molecule has 18 heavy (non-hydrogen) atoms. The van der Waals surface area contributed by atoms with Gasteiger partial charge in [-0.25, -0.2) is 14.8 Å². The summed E-state index contributed by atoms with van der Waals surface area (Å²) in [5.41, 5.74) is 4.69. The first-order chi connectivity index (χ1) is 8.43. The van der Waals surface area contributed by atoms with Crippen molar-refractivity contribution in [1.29, 1.82) is 0 Å². The topological polar surface area (TPSA) is 90.1 Å². The summed E-state index contributed by atoms with van der Waals surface area (Å²) in [7, 11) is 0. The first kappa shape index (κ1) is 14.6. The molecule has 0 aliphatic carbocycles. The number of thioether (sulfide) groups is 1. The predicted molar refractivity (Wildman–Crippen MR) is 71.6 cm³/mol. The van der Waals surface area contributed by atoms with E-state index >= 15 is 0 Å². The average Bonchev–Trinajstić information content (AvgIpc) is 2.35. The van der Waals surface area contributed by atoms with Crippen molar-refractivity contribution < 1.29 is 9.53 Å². The number of hydrogen-bond acceptors (Lipinski definition) is 6. The smallest absolute Gasteiger partial charge is 0.404 e. The summed E-state index contributed by atoms with van der Waals surface area (Å²) in [6.07, 6.45) is 4.72. The lowest BCUT2D eigenvalue weighted by molar-refractivity contribution is 0.112. The molecule has 0 radical (unpaired) electrons. The lowest BCUT2D eigenvalue weighted by Gasteiger charge is -2.23. The zero-order valence-electron chi connectivity index (χ0n) is 10.8. The van der Waals surface area contributed by atoms with Gasteiger partial charge in [0.25, 0.3) is 0 Å². The van der Waals surface area contributed by atoms with Crippen molar-refractivity contribution in [2.24, 2.45) is 11.1 Å². The Morgan fingerprint density at radius 1 is 1.50 bits per heavy atom. The van der Waals surface area contributed by atoms with Gasteiger partial charge >= 0.3 is 6.09 Å². The monoisotopic (exact) mass is 270 g/mol. The van der Waals surface area contributed by atoms with Gasteiger partial charge in [-0.2, -0.15) is 0 Å². The molecule has 0 spiro atoms. The minimum atomic E-state index is -0.761. The fourth-order valence-corrected chi connectivity index (χ4v) is 1.46. The maximum Gasteiger partial charge on any atom is 0.404 e. The number of nitrogens with two attached hydrogens (primary N) is 1. The molecule has 1 amide bonds. The van der Waals surface area contributed by atoms with Crippen LogP contribution in [0.3, 0.4) is 0 Å². The Labute approximate surface area is 111 Å². The van der Waals surface area contributed by atoms with Gasteiger partial charge in [-0.15, -0.1) is 11.8 Å². The summed E-state index contributed by atoms with van der Waals surface area (Å²) in [4.78, 5) is 19.9. The molecular weight excluding hydrogens is 252 g/mol. The number of carbonyl (C=O) groups excluding carboxylic acids is 1.